The standard InChI is InChI=1S/C17H13F3N2O3/c1-23-11-5-4-6-12(9-11)24-10-15-21-16(25-22-15)13-7-2-3-8-14(13)17(18,19)20/h2-9H,10H2,1H3. The molecule has 25 heavy (non-hydrogen) atoms. The number of alkyl halides is 3. The van der Waals surface area contributed by atoms with E-state index >= 15 is 0 Å². The maximum absolute atomic E-state index is 13.1. The lowest BCUT2D eigenvalue weighted by atomic mass is 10.1. The third kappa shape index (κ3) is 3.90. The van der Waals surface area contributed by atoms with Crippen LogP contribution in [0.4, 0.5) is 13.2 Å². The summed E-state index contributed by atoms with van der Waals surface area (Å²) >= 11 is 0. The highest BCUT2D eigenvalue weighted by Crippen LogP contribution is 2.36. The first kappa shape index (κ1) is 16.8. The van der Waals surface area contributed by atoms with E-state index in [1.807, 2.05) is 0 Å². The molecule has 1 heterocycles. The van der Waals surface area contributed by atoms with E-state index in [4.69, 9.17) is 14.0 Å². The number of rotatable bonds is 5. The van der Waals surface area contributed by atoms with E-state index in [9.17, 15) is 13.2 Å². The van der Waals surface area contributed by atoms with Gasteiger partial charge in [-0.15, -0.1) is 0 Å². The van der Waals surface area contributed by atoms with Crippen molar-refractivity contribution in [3.05, 3.63) is 59.9 Å². The summed E-state index contributed by atoms with van der Waals surface area (Å²) < 4.78 is 54.7. The Morgan fingerprint density at radius 1 is 1.04 bits per heavy atom. The number of aromatic nitrogens is 2. The molecule has 2 aromatic carbocycles. The van der Waals surface area contributed by atoms with E-state index in [1.165, 1.54) is 25.3 Å². The van der Waals surface area contributed by atoms with Crippen molar-refractivity contribution in [1.82, 2.24) is 10.1 Å². The Morgan fingerprint density at radius 3 is 2.56 bits per heavy atom. The highest BCUT2D eigenvalue weighted by Gasteiger charge is 2.34. The molecule has 0 saturated heterocycles. The van der Waals surface area contributed by atoms with Gasteiger partial charge >= 0.3 is 6.18 Å². The van der Waals surface area contributed by atoms with Gasteiger partial charge in [0.2, 0.25) is 5.82 Å². The Labute approximate surface area is 141 Å². The van der Waals surface area contributed by atoms with Gasteiger partial charge in [-0.05, 0) is 24.3 Å². The second-order valence-electron chi connectivity index (χ2n) is 5.03. The van der Waals surface area contributed by atoms with Gasteiger partial charge < -0.3 is 14.0 Å². The second kappa shape index (κ2) is 6.84. The van der Waals surface area contributed by atoms with Crippen molar-refractivity contribution in [2.24, 2.45) is 0 Å². The van der Waals surface area contributed by atoms with Crippen LogP contribution in [0.3, 0.4) is 0 Å². The van der Waals surface area contributed by atoms with Crippen LogP contribution in [-0.2, 0) is 12.8 Å². The summed E-state index contributed by atoms with van der Waals surface area (Å²) in [6.45, 7) is -0.0507. The topological polar surface area (TPSA) is 57.4 Å². The smallest absolute Gasteiger partial charge is 0.417 e. The van der Waals surface area contributed by atoms with Gasteiger partial charge in [0.05, 0.1) is 18.2 Å². The summed E-state index contributed by atoms with van der Waals surface area (Å²) in [5.41, 5.74) is -1.01. The Kier molecular flexibility index (Phi) is 4.60. The minimum Gasteiger partial charge on any atom is -0.497 e. The van der Waals surface area contributed by atoms with Crippen LogP contribution in [-0.4, -0.2) is 17.3 Å². The molecule has 0 bridgehead atoms. The molecule has 3 rings (SSSR count). The van der Waals surface area contributed by atoms with Gasteiger partial charge in [0.1, 0.15) is 11.5 Å². The molecule has 0 aliphatic heterocycles. The molecular weight excluding hydrogens is 337 g/mol. The molecule has 0 aliphatic rings. The van der Waals surface area contributed by atoms with Crippen LogP contribution in [0, 0.1) is 0 Å². The summed E-state index contributed by atoms with van der Waals surface area (Å²) in [5.74, 6) is 1.05. The maximum Gasteiger partial charge on any atom is 0.417 e. The molecular formula is C17H13F3N2O3. The van der Waals surface area contributed by atoms with Crippen LogP contribution < -0.4 is 9.47 Å². The van der Waals surface area contributed by atoms with Gasteiger partial charge in [-0.3, -0.25) is 0 Å². The quantitative estimate of drug-likeness (QED) is 0.685. The monoisotopic (exact) mass is 350 g/mol. The number of hydrogen-bond acceptors (Lipinski definition) is 5. The fourth-order valence-electron chi connectivity index (χ4n) is 2.18. The number of benzene rings is 2. The summed E-state index contributed by atoms with van der Waals surface area (Å²) in [6.07, 6.45) is -4.51. The summed E-state index contributed by atoms with van der Waals surface area (Å²) in [5, 5.41) is 3.66. The number of nitrogens with zero attached hydrogens (tertiary/aromatic N) is 2. The molecule has 0 spiro atoms. The van der Waals surface area contributed by atoms with Crippen molar-refractivity contribution in [3.63, 3.8) is 0 Å². The van der Waals surface area contributed by atoms with E-state index in [-0.39, 0.29) is 23.9 Å². The average Bonchev–Trinajstić information content (AvgIpc) is 3.08. The normalized spacial score (nSPS) is 11.4. The lowest BCUT2D eigenvalue weighted by Gasteiger charge is -2.09. The first-order chi connectivity index (χ1) is 12.0. The first-order valence-corrected chi connectivity index (χ1v) is 7.23. The van der Waals surface area contributed by atoms with Crippen molar-refractivity contribution in [2.75, 3.05) is 7.11 Å². The fourth-order valence-corrected chi connectivity index (χ4v) is 2.18. The molecule has 0 atom stereocenters. The summed E-state index contributed by atoms with van der Waals surface area (Å²) in [4.78, 5) is 3.98. The Bertz CT molecular complexity index is 862. The molecule has 0 radical (unpaired) electrons. The van der Waals surface area contributed by atoms with Crippen molar-refractivity contribution < 1.29 is 27.2 Å². The number of halogens is 3. The molecule has 0 saturated carbocycles. The number of ether oxygens (including phenoxy) is 2. The Balaban J connectivity index is 1.77. The molecule has 5 nitrogen and oxygen atoms in total. The van der Waals surface area contributed by atoms with E-state index in [0.717, 1.165) is 6.07 Å². The first-order valence-electron chi connectivity index (χ1n) is 7.23. The van der Waals surface area contributed by atoms with Crippen LogP contribution in [0.15, 0.2) is 53.1 Å². The predicted octanol–water partition coefficient (Wildman–Crippen LogP) is 4.34. The van der Waals surface area contributed by atoms with E-state index < -0.39 is 11.7 Å². The van der Waals surface area contributed by atoms with E-state index in [1.54, 1.807) is 24.3 Å². The number of hydrogen-bond donors (Lipinski definition) is 0. The third-order valence-electron chi connectivity index (χ3n) is 3.34. The van der Waals surface area contributed by atoms with Gasteiger partial charge in [-0.25, -0.2) is 0 Å². The zero-order valence-corrected chi connectivity index (χ0v) is 13.1. The molecule has 1 aromatic heterocycles. The SMILES string of the molecule is COc1cccc(OCc2noc(-c3ccccc3C(F)(F)F)n2)c1. The van der Waals surface area contributed by atoms with Gasteiger partial charge in [0.25, 0.3) is 5.89 Å². The van der Waals surface area contributed by atoms with E-state index in [0.29, 0.717) is 11.5 Å². The van der Waals surface area contributed by atoms with Gasteiger partial charge in [-0.2, -0.15) is 18.2 Å². The van der Waals surface area contributed by atoms with Crippen molar-refractivity contribution >= 4 is 0 Å². The molecule has 0 fully saturated rings. The molecule has 130 valence electrons. The van der Waals surface area contributed by atoms with Crippen molar-refractivity contribution in [1.29, 1.82) is 0 Å². The van der Waals surface area contributed by atoms with Gasteiger partial charge in [0.15, 0.2) is 6.61 Å². The molecule has 0 aliphatic carbocycles. The third-order valence-corrected chi connectivity index (χ3v) is 3.34. The van der Waals surface area contributed by atoms with Crippen LogP contribution in [0.25, 0.3) is 11.5 Å². The van der Waals surface area contributed by atoms with Gasteiger partial charge in [-0.1, -0.05) is 23.4 Å². The lowest BCUT2D eigenvalue weighted by molar-refractivity contribution is -0.137. The molecule has 8 heteroatoms. The largest absolute Gasteiger partial charge is 0.497 e. The van der Waals surface area contributed by atoms with Crippen LogP contribution >= 0.6 is 0 Å². The predicted molar refractivity (Wildman–Crippen MR) is 82.1 cm³/mol. The molecule has 0 amide bonds. The minimum absolute atomic E-state index is 0.0507. The highest BCUT2D eigenvalue weighted by atomic mass is 19.4. The van der Waals surface area contributed by atoms with Crippen LogP contribution in [0.2, 0.25) is 0 Å². The fraction of sp³-hybridized carbons (Fsp3) is 0.176. The summed E-state index contributed by atoms with van der Waals surface area (Å²) in [7, 11) is 1.53. The zero-order chi connectivity index (χ0) is 17.9. The zero-order valence-electron chi connectivity index (χ0n) is 13.1. The molecule has 0 N–H and O–H groups in total. The lowest BCUT2D eigenvalue weighted by Crippen LogP contribution is -2.07. The number of methoxy groups -OCH3 is 1. The summed E-state index contributed by atoms with van der Waals surface area (Å²) in [6, 6.07) is 11.9. The second-order valence-corrected chi connectivity index (χ2v) is 5.03. The van der Waals surface area contributed by atoms with Crippen LogP contribution in [0.5, 0.6) is 11.5 Å². The van der Waals surface area contributed by atoms with Gasteiger partial charge in [0, 0.05) is 6.07 Å². The average molecular weight is 350 g/mol. The van der Waals surface area contributed by atoms with E-state index in [2.05, 4.69) is 10.1 Å². The molecule has 3 aromatic rings. The van der Waals surface area contributed by atoms with Crippen LogP contribution in [0.1, 0.15) is 11.4 Å². The molecule has 0 unspecified atom stereocenters. The Morgan fingerprint density at radius 2 is 1.80 bits per heavy atom. The van der Waals surface area contributed by atoms with Crippen molar-refractivity contribution in [2.45, 2.75) is 12.8 Å². The highest BCUT2D eigenvalue weighted by molar-refractivity contribution is 5.59. The minimum atomic E-state index is -4.51. The maximum atomic E-state index is 13.1. The van der Waals surface area contributed by atoms with Crippen molar-refractivity contribution in [3.8, 4) is 23.0 Å². The Hall–Kier alpha value is -3.03.